The molecule has 0 spiro atoms. The first kappa shape index (κ1) is 9.94. The fourth-order valence-corrected chi connectivity index (χ4v) is 3.48. The van der Waals surface area contributed by atoms with E-state index in [-0.39, 0.29) is 0 Å². The summed E-state index contributed by atoms with van der Waals surface area (Å²) in [6, 6.07) is 0. The molecule has 0 N–H and O–H groups in total. The molecule has 0 unspecified atom stereocenters. The molecule has 0 saturated carbocycles. The zero-order valence-electron chi connectivity index (χ0n) is 7.73. The van der Waals surface area contributed by atoms with E-state index in [4.69, 9.17) is 0 Å². The van der Waals surface area contributed by atoms with Crippen LogP contribution >= 0.6 is 34.6 Å². The van der Waals surface area contributed by atoms with Crippen molar-refractivity contribution in [3.05, 3.63) is 23.6 Å². The Morgan fingerprint density at radius 3 is 3.19 bits per heavy atom. The summed E-state index contributed by atoms with van der Waals surface area (Å²) < 4.78 is 6.47. The van der Waals surface area contributed by atoms with Crippen molar-refractivity contribution < 1.29 is 4.79 Å². The molecule has 0 aliphatic rings. The molecule has 0 bridgehead atoms. The van der Waals surface area contributed by atoms with Crippen LogP contribution in [0.25, 0.3) is 4.96 Å². The van der Waals surface area contributed by atoms with Crippen molar-refractivity contribution in [3.8, 4) is 0 Å². The largest absolute Gasteiger partial charge is 0.296 e. The van der Waals surface area contributed by atoms with Gasteiger partial charge in [-0.3, -0.25) is 9.20 Å². The first-order chi connectivity index (χ1) is 7.88. The molecular weight excluding hydrogens is 264 g/mol. The number of hydrogen-bond acceptors (Lipinski definition) is 7. The molecule has 0 fully saturated rings. The van der Waals surface area contributed by atoms with Crippen molar-refractivity contribution >= 4 is 45.9 Å². The van der Waals surface area contributed by atoms with E-state index in [0.717, 1.165) is 15.6 Å². The van der Waals surface area contributed by atoms with E-state index in [1.807, 2.05) is 11.6 Å². The van der Waals surface area contributed by atoms with Crippen LogP contribution in [-0.4, -0.2) is 25.0 Å². The Morgan fingerprint density at radius 2 is 2.44 bits per heavy atom. The maximum absolute atomic E-state index is 11.0. The van der Waals surface area contributed by atoms with Gasteiger partial charge < -0.3 is 0 Å². The van der Waals surface area contributed by atoms with Crippen molar-refractivity contribution in [2.75, 3.05) is 0 Å². The molecule has 0 atom stereocenters. The zero-order valence-corrected chi connectivity index (χ0v) is 10.2. The second kappa shape index (κ2) is 3.96. The molecule has 0 aliphatic carbocycles. The van der Waals surface area contributed by atoms with Crippen molar-refractivity contribution in [2.45, 2.75) is 9.37 Å². The van der Waals surface area contributed by atoms with Gasteiger partial charge in [0.1, 0.15) is 17.0 Å². The Bertz CT molecular complexity index is 627. The minimum atomic E-state index is 0.566. The smallest absolute Gasteiger partial charge is 0.195 e. The molecular formula is C8H4N4OS3. The number of thiazole rings is 1. The predicted molar refractivity (Wildman–Crippen MR) is 62.5 cm³/mol. The maximum Gasteiger partial charge on any atom is 0.195 e. The standard InChI is InChI=1S/C8H4N4OS3/c13-3-5-6(15-8-9-4-10-16-8)11-7-12(5)1-2-14-7/h1-4H. The summed E-state index contributed by atoms with van der Waals surface area (Å²) in [6.45, 7) is 0. The van der Waals surface area contributed by atoms with Crippen molar-refractivity contribution in [1.82, 2.24) is 18.7 Å². The van der Waals surface area contributed by atoms with E-state index in [1.165, 1.54) is 41.0 Å². The lowest BCUT2D eigenvalue weighted by molar-refractivity contribution is 0.111. The lowest BCUT2D eigenvalue weighted by atomic mass is 10.5. The van der Waals surface area contributed by atoms with Crippen LogP contribution in [0.4, 0.5) is 0 Å². The molecule has 0 radical (unpaired) electrons. The molecule has 0 aliphatic heterocycles. The van der Waals surface area contributed by atoms with Crippen molar-refractivity contribution in [2.24, 2.45) is 0 Å². The minimum Gasteiger partial charge on any atom is -0.296 e. The third-order valence-corrected chi connectivity index (χ3v) is 4.37. The van der Waals surface area contributed by atoms with Crippen LogP contribution in [0.5, 0.6) is 0 Å². The minimum absolute atomic E-state index is 0.566. The third kappa shape index (κ3) is 1.55. The highest BCUT2D eigenvalue weighted by Crippen LogP contribution is 2.31. The van der Waals surface area contributed by atoms with Gasteiger partial charge in [0, 0.05) is 11.6 Å². The van der Waals surface area contributed by atoms with Gasteiger partial charge in [0.05, 0.1) is 0 Å². The molecule has 3 heterocycles. The highest BCUT2D eigenvalue weighted by molar-refractivity contribution is 8.01. The topological polar surface area (TPSA) is 60.2 Å². The molecule has 0 saturated heterocycles. The van der Waals surface area contributed by atoms with Crippen LogP contribution in [0.3, 0.4) is 0 Å². The highest BCUT2D eigenvalue weighted by atomic mass is 32.2. The number of fused-ring (bicyclic) bond motifs is 1. The van der Waals surface area contributed by atoms with Crippen LogP contribution in [-0.2, 0) is 0 Å². The summed E-state index contributed by atoms with van der Waals surface area (Å²) in [7, 11) is 0. The van der Waals surface area contributed by atoms with Gasteiger partial charge in [0.25, 0.3) is 0 Å². The average Bonchev–Trinajstić information content (AvgIpc) is 2.93. The summed E-state index contributed by atoms with van der Waals surface area (Å²) >= 11 is 4.15. The van der Waals surface area contributed by atoms with E-state index in [1.54, 1.807) is 4.40 Å². The molecule has 0 amide bonds. The number of rotatable bonds is 3. The van der Waals surface area contributed by atoms with Crippen LogP contribution in [0.1, 0.15) is 10.5 Å². The van der Waals surface area contributed by atoms with Crippen LogP contribution in [0.15, 0.2) is 27.3 Å². The molecule has 0 aromatic carbocycles. The Kier molecular flexibility index (Phi) is 2.46. The van der Waals surface area contributed by atoms with Crippen LogP contribution in [0, 0.1) is 0 Å². The van der Waals surface area contributed by atoms with E-state index < -0.39 is 0 Å². The van der Waals surface area contributed by atoms with E-state index >= 15 is 0 Å². The summed E-state index contributed by atoms with van der Waals surface area (Å²) in [6.07, 6.45) is 4.14. The van der Waals surface area contributed by atoms with Gasteiger partial charge >= 0.3 is 0 Å². The molecule has 80 valence electrons. The van der Waals surface area contributed by atoms with Gasteiger partial charge in [-0.2, -0.15) is 4.37 Å². The van der Waals surface area contributed by atoms with Crippen LogP contribution < -0.4 is 0 Å². The van der Waals surface area contributed by atoms with Gasteiger partial charge in [0.2, 0.25) is 0 Å². The van der Waals surface area contributed by atoms with Gasteiger partial charge in [-0.1, -0.05) is 0 Å². The number of aromatic nitrogens is 4. The normalized spacial score (nSPS) is 11.0. The molecule has 3 aromatic rings. The summed E-state index contributed by atoms with van der Waals surface area (Å²) in [5.41, 5.74) is 0.566. The number of carbonyl (C=O) groups excluding carboxylic acids is 1. The van der Waals surface area contributed by atoms with Gasteiger partial charge in [-0.25, -0.2) is 9.97 Å². The lowest BCUT2D eigenvalue weighted by Gasteiger charge is -1.92. The Hall–Kier alpha value is -1.25. The molecule has 3 aromatic heterocycles. The van der Waals surface area contributed by atoms with Gasteiger partial charge in [-0.05, 0) is 23.3 Å². The second-order valence-electron chi connectivity index (χ2n) is 2.78. The first-order valence-corrected chi connectivity index (χ1v) is 6.70. The van der Waals surface area contributed by atoms with Crippen molar-refractivity contribution in [3.63, 3.8) is 0 Å². The van der Waals surface area contributed by atoms with E-state index in [0.29, 0.717) is 10.7 Å². The fraction of sp³-hybridized carbons (Fsp3) is 0. The lowest BCUT2D eigenvalue weighted by Crippen LogP contribution is -1.87. The quantitative estimate of drug-likeness (QED) is 0.682. The van der Waals surface area contributed by atoms with Crippen molar-refractivity contribution in [1.29, 1.82) is 0 Å². The van der Waals surface area contributed by atoms with Gasteiger partial charge in [0.15, 0.2) is 15.6 Å². The monoisotopic (exact) mass is 268 g/mol. The summed E-state index contributed by atoms with van der Waals surface area (Å²) in [5, 5.41) is 2.58. The van der Waals surface area contributed by atoms with Crippen LogP contribution in [0.2, 0.25) is 0 Å². The zero-order chi connectivity index (χ0) is 11.0. The summed E-state index contributed by atoms with van der Waals surface area (Å²) in [5.74, 6) is 0. The molecule has 3 rings (SSSR count). The highest BCUT2D eigenvalue weighted by Gasteiger charge is 2.14. The SMILES string of the molecule is O=Cc1c(Sc2ncns2)nc2sccn12. The first-order valence-electron chi connectivity index (χ1n) is 4.24. The Balaban J connectivity index is 2.08. The number of imidazole rings is 1. The van der Waals surface area contributed by atoms with Gasteiger partial charge in [-0.15, -0.1) is 11.3 Å². The summed E-state index contributed by atoms with van der Waals surface area (Å²) in [4.78, 5) is 20.3. The molecule has 16 heavy (non-hydrogen) atoms. The predicted octanol–water partition coefficient (Wildman–Crippen LogP) is 2.21. The number of carbonyl (C=O) groups is 1. The van der Waals surface area contributed by atoms with E-state index in [2.05, 4.69) is 14.3 Å². The maximum atomic E-state index is 11.0. The fourth-order valence-electron chi connectivity index (χ4n) is 1.26. The number of hydrogen-bond donors (Lipinski definition) is 0. The average molecular weight is 268 g/mol. The third-order valence-electron chi connectivity index (χ3n) is 1.90. The Labute approximate surface area is 102 Å². The Morgan fingerprint density at radius 1 is 1.50 bits per heavy atom. The number of nitrogens with zero attached hydrogens (tertiary/aromatic N) is 4. The molecule has 5 nitrogen and oxygen atoms in total. The molecule has 8 heteroatoms. The number of aldehydes is 1. The second-order valence-corrected chi connectivity index (χ2v) is 5.67. The van der Waals surface area contributed by atoms with E-state index in [9.17, 15) is 4.79 Å².